The van der Waals surface area contributed by atoms with E-state index in [9.17, 15) is 19.1 Å². The van der Waals surface area contributed by atoms with Crippen molar-refractivity contribution in [2.24, 2.45) is 10.1 Å². The molecule has 0 fully saturated rings. The predicted octanol–water partition coefficient (Wildman–Crippen LogP) is 7.34. The van der Waals surface area contributed by atoms with Crippen molar-refractivity contribution in [2.75, 3.05) is 13.2 Å². The van der Waals surface area contributed by atoms with Crippen LogP contribution in [-0.4, -0.2) is 35.7 Å². The van der Waals surface area contributed by atoms with E-state index in [-0.39, 0.29) is 31.2 Å². The molecule has 234 valence electrons. The predicted molar refractivity (Wildman–Crippen MR) is 170 cm³/mol. The molecular weight excluding hydrogens is 592 g/mol. The highest BCUT2D eigenvalue weighted by molar-refractivity contribution is 6.01. The lowest BCUT2D eigenvalue weighted by Gasteiger charge is -2.30. The number of azide groups is 1. The highest BCUT2D eigenvalue weighted by Gasteiger charge is 2.53. The van der Waals surface area contributed by atoms with E-state index in [1.807, 2.05) is 42.5 Å². The number of rotatable bonds is 13. The Kier molecular flexibility index (Phi) is 10.4. The number of hydrogen-bond donors (Lipinski definition) is 2. The van der Waals surface area contributed by atoms with Crippen LogP contribution in [0.2, 0.25) is 0 Å². The van der Waals surface area contributed by atoms with Gasteiger partial charge in [0.1, 0.15) is 5.75 Å². The Morgan fingerprint density at radius 3 is 2.54 bits per heavy atom. The fourth-order valence-electron chi connectivity index (χ4n) is 5.06. The van der Waals surface area contributed by atoms with Crippen LogP contribution in [0, 0.1) is 11.6 Å². The number of nitrogens with zero attached hydrogens (tertiary/aromatic N) is 4. The Morgan fingerprint density at radius 2 is 1.80 bits per heavy atom. The molecule has 0 bridgehead atoms. The molecule has 5 rings (SSSR count). The quantitative estimate of drug-likeness (QED) is 0.0698. The number of aliphatic hydroxyl groups is 1. The van der Waals surface area contributed by atoms with Gasteiger partial charge in [-0.15, -0.1) is 0 Å². The molecule has 11 heteroatoms. The van der Waals surface area contributed by atoms with Crippen LogP contribution in [0.15, 0.2) is 113 Å². The van der Waals surface area contributed by atoms with Crippen LogP contribution in [0.3, 0.4) is 0 Å². The van der Waals surface area contributed by atoms with Crippen molar-refractivity contribution in [3.8, 4) is 5.75 Å². The highest BCUT2D eigenvalue weighted by atomic mass is 19.2. The van der Waals surface area contributed by atoms with Gasteiger partial charge in [0.05, 0.1) is 6.61 Å². The lowest BCUT2D eigenvalue weighted by molar-refractivity contribution is -0.129. The first-order valence-electron chi connectivity index (χ1n) is 14.6. The number of benzene rings is 4. The van der Waals surface area contributed by atoms with Crippen molar-refractivity contribution in [2.45, 2.75) is 31.0 Å². The number of hydrogen-bond acceptors (Lipinski definition) is 6. The van der Waals surface area contributed by atoms with Crippen LogP contribution in [-0.2, 0) is 16.1 Å². The topological polar surface area (TPSA) is 129 Å². The number of nitrogens with one attached hydrogen (secondary N) is 1. The number of halogens is 2. The van der Waals surface area contributed by atoms with E-state index in [2.05, 4.69) is 15.3 Å². The second kappa shape index (κ2) is 15.0. The van der Waals surface area contributed by atoms with Gasteiger partial charge in [0, 0.05) is 47.7 Å². The van der Waals surface area contributed by atoms with Gasteiger partial charge in [-0.3, -0.25) is 4.79 Å². The summed E-state index contributed by atoms with van der Waals surface area (Å²) >= 11 is 0. The molecule has 4 aromatic carbocycles. The van der Waals surface area contributed by atoms with Gasteiger partial charge >= 0.3 is 0 Å². The van der Waals surface area contributed by atoms with Crippen molar-refractivity contribution < 1.29 is 28.2 Å². The molecule has 1 heterocycles. The summed E-state index contributed by atoms with van der Waals surface area (Å²) in [5, 5.41) is 15.7. The lowest BCUT2D eigenvalue weighted by Crippen LogP contribution is -2.47. The van der Waals surface area contributed by atoms with Crippen molar-refractivity contribution in [1.29, 1.82) is 0 Å². The third kappa shape index (κ3) is 7.40. The molecule has 0 saturated heterocycles. The van der Waals surface area contributed by atoms with E-state index in [4.69, 9.17) is 19.6 Å². The first kappa shape index (κ1) is 31.9. The van der Waals surface area contributed by atoms with E-state index in [1.165, 1.54) is 6.07 Å². The summed E-state index contributed by atoms with van der Waals surface area (Å²) in [6, 6.07) is 26.7. The molecule has 9 nitrogen and oxygen atoms in total. The van der Waals surface area contributed by atoms with E-state index in [1.54, 1.807) is 48.5 Å². The van der Waals surface area contributed by atoms with Crippen molar-refractivity contribution in [1.82, 2.24) is 5.32 Å². The van der Waals surface area contributed by atoms with Crippen molar-refractivity contribution >= 4 is 23.6 Å². The molecule has 0 aromatic heterocycles. The zero-order valence-corrected chi connectivity index (χ0v) is 24.7. The molecule has 2 N–H and O–H groups in total. The van der Waals surface area contributed by atoms with E-state index < -0.39 is 29.2 Å². The summed E-state index contributed by atoms with van der Waals surface area (Å²) in [6.45, 7) is 0.260. The minimum Gasteiger partial charge on any atom is -0.494 e. The average molecular weight is 624 g/mol. The summed E-state index contributed by atoms with van der Waals surface area (Å²) in [6.07, 6.45) is 3.22. The number of aliphatic imine (C=N–C) groups is 1. The Bertz CT molecular complexity index is 1780. The van der Waals surface area contributed by atoms with Crippen molar-refractivity contribution in [3.05, 3.63) is 147 Å². The van der Waals surface area contributed by atoms with E-state index in [0.717, 1.165) is 17.7 Å². The first-order chi connectivity index (χ1) is 22.4. The van der Waals surface area contributed by atoms with Crippen LogP contribution < -0.4 is 10.1 Å². The minimum absolute atomic E-state index is 0.0143. The first-order valence-corrected chi connectivity index (χ1v) is 14.6. The molecule has 0 aliphatic carbocycles. The molecule has 46 heavy (non-hydrogen) atoms. The van der Waals surface area contributed by atoms with Crippen LogP contribution in [0.25, 0.3) is 16.5 Å². The Morgan fingerprint density at radius 1 is 1.04 bits per heavy atom. The summed E-state index contributed by atoms with van der Waals surface area (Å²) in [7, 11) is 0. The molecular formula is C35H31F2N5O4. The zero-order valence-electron chi connectivity index (χ0n) is 24.7. The second-order valence-corrected chi connectivity index (χ2v) is 10.5. The Labute approximate surface area is 264 Å². The average Bonchev–Trinajstić information content (AvgIpc) is 3.47. The summed E-state index contributed by atoms with van der Waals surface area (Å²) in [5.41, 5.74) is 10.2. The second-order valence-electron chi connectivity index (χ2n) is 10.5. The molecule has 4 aromatic rings. The van der Waals surface area contributed by atoms with Crippen LogP contribution in [0.5, 0.6) is 5.75 Å². The molecule has 0 unspecified atom stereocenters. The molecule has 1 amide bonds. The number of ether oxygens (including phenoxy) is 2. The smallest absolute Gasteiger partial charge is 0.252 e. The maximum atomic E-state index is 14.3. The molecule has 1 aliphatic rings. The van der Waals surface area contributed by atoms with E-state index in [0.29, 0.717) is 35.5 Å². The zero-order chi connectivity index (χ0) is 32.4. The van der Waals surface area contributed by atoms with Gasteiger partial charge in [0.2, 0.25) is 5.90 Å². The summed E-state index contributed by atoms with van der Waals surface area (Å²) < 4.78 is 39.7. The third-order valence-corrected chi connectivity index (χ3v) is 7.38. The SMILES string of the molecule is [N-]=[N+]=Nc1ccccc1[C@H]1OC(c2ccc(OCCCO)cc2)=N[C@@]1(C/C=C/c1ccccc1)C(=O)NCc1ccc(F)c(F)c1. The third-order valence-electron chi connectivity index (χ3n) is 7.38. The molecule has 0 saturated carbocycles. The van der Waals surface area contributed by atoms with Gasteiger partial charge < -0.3 is 19.9 Å². The molecule has 0 radical (unpaired) electrons. The van der Waals surface area contributed by atoms with Crippen LogP contribution in [0.4, 0.5) is 14.5 Å². The van der Waals surface area contributed by atoms with Gasteiger partial charge in [-0.2, -0.15) is 0 Å². The van der Waals surface area contributed by atoms with E-state index >= 15 is 0 Å². The summed E-state index contributed by atoms with van der Waals surface area (Å²) in [4.78, 5) is 22.2. The monoisotopic (exact) mass is 623 g/mol. The Balaban J connectivity index is 1.57. The highest BCUT2D eigenvalue weighted by Crippen LogP contribution is 2.45. The number of amides is 1. The normalized spacial score (nSPS) is 17.2. The maximum Gasteiger partial charge on any atom is 0.252 e. The van der Waals surface area contributed by atoms with Gasteiger partial charge in [-0.25, -0.2) is 13.8 Å². The minimum atomic E-state index is -1.60. The van der Waals surface area contributed by atoms with Gasteiger partial charge in [0.25, 0.3) is 5.91 Å². The number of carbonyl (C=O) groups excluding carboxylic acids is 1. The molecule has 0 spiro atoms. The van der Waals surface area contributed by atoms with Crippen LogP contribution >= 0.6 is 0 Å². The number of carbonyl (C=O) groups is 1. The molecule has 2 atom stereocenters. The fraction of sp³-hybridized carbons (Fsp3) is 0.200. The largest absolute Gasteiger partial charge is 0.494 e. The lowest BCUT2D eigenvalue weighted by atomic mass is 9.83. The van der Waals surface area contributed by atoms with Crippen molar-refractivity contribution in [3.63, 3.8) is 0 Å². The van der Waals surface area contributed by atoms with Gasteiger partial charge in [0.15, 0.2) is 23.3 Å². The number of aliphatic hydroxyl groups excluding tert-OH is 1. The Hall–Kier alpha value is -5.51. The fourth-order valence-corrected chi connectivity index (χ4v) is 5.06. The van der Waals surface area contributed by atoms with Gasteiger partial charge in [-0.1, -0.05) is 77.9 Å². The summed E-state index contributed by atoms with van der Waals surface area (Å²) in [5.74, 6) is -1.78. The van der Waals surface area contributed by atoms with Gasteiger partial charge in [-0.05, 0) is 53.1 Å². The van der Waals surface area contributed by atoms with Crippen LogP contribution in [0.1, 0.15) is 41.2 Å². The molecule has 1 aliphatic heterocycles. The maximum absolute atomic E-state index is 14.3. The standard InChI is InChI=1S/C35H31F2N5O4/c36-29-18-13-25(22-30(29)37)23-39-34(44)35(19-6-10-24-8-2-1-3-9-24)32(28-11-4-5-12-31(28)41-42-38)46-33(40-35)26-14-16-27(17-15-26)45-21-7-20-43/h1-6,8-18,22,32,43H,7,19-21,23H2,(H,39,44)/b10-6+/t32-,35-/m1/s1.